The highest BCUT2D eigenvalue weighted by atomic mass is 16.5. The Balaban J connectivity index is 1.71. The van der Waals surface area contributed by atoms with Crippen LogP contribution in [0.25, 0.3) is 10.9 Å². The Kier molecular flexibility index (Phi) is 7.28. The molecule has 0 fully saturated rings. The van der Waals surface area contributed by atoms with Crippen LogP contribution in [0.15, 0.2) is 54.7 Å². The van der Waals surface area contributed by atoms with Crippen LogP contribution in [-0.4, -0.2) is 22.7 Å². The molecule has 0 bridgehead atoms. The molecule has 30 heavy (non-hydrogen) atoms. The molecular weight excluding hydrogens is 376 g/mol. The fourth-order valence-electron chi connectivity index (χ4n) is 3.53. The van der Waals surface area contributed by atoms with Gasteiger partial charge in [-0.15, -0.1) is 0 Å². The first-order valence-corrected chi connectivity index (χ1v) is 10.6. The van der Waals surface area contributed by atoms with Crippen LogP contribution in [0.1, 0.15) is 44.7 Å². The summed E-state index contributed by atoms with van der Waals surface area (Å²) in [6.07, 6.45) is 3.33. The lowest BCUT2D eigenvalue weighted by atomic mass is 9.94. The van der Waals surface area contributed by atoms with E-state index in [2.05, 4.69) is 10.3 Å². The van der Waals surface area contributed by atoms with Crippen LogP contribution in [0.2, 0.25) is 0 Å². The van der Waals surface area contributed by atoms with E-state index in [-0.39, 0.29) is 24.0 Å². The highest BCUT2D eigenvalue weighted by Gasteiger charge is 2.24. The van der Waals surface area contributed by atoms with Gasteiger partial charge in [-0.25, -0.2) is 0 Å². The monoisotopic (exact) mass is 406 g/mol. The van der Waals surface area contributed by atoms with Crippen LogP contribution in [0.3, 0.4) is 0 Å². The fourth-order valence-corrected chi connectivity index (χ4v) is 3.53. The van der Waals surface area contributed by atoms with Crippen LogP contribution < -0.4 is 10.1 Å². The molecule has 2 N–H and O–H groups in total. The number of ketones is 1. The molecule has 158 valence electrons. The Bertz CT molecular complexity index is 994. The van der Waals surface area contributed by atoms with Gasteiger partial charge in [-0.3, -0.25) is 9.59 Å². The van der Waals surface area contributed by atoms with Crippen molar-refractivity contribution >= 4 is 22.6 Å². The number of hydrogen-bond acceptors (Lipinski definition) is 3. The highest BCUT2D eigenvalue weighted by Crippen LogP contribution is 2.25. The summed E-state index contributed by atoms with van der Waals surface area (Å²) in [5, 5.41) is 3.91. The first-order valence-electron chi connectivity index (χ1n) is 10.6. The lowest BCUT2D eigenvalue weighted by Crippen LogP contribution is -2.45. The standard InChI is InChI=1S/C25H30N2O3/c1-4-17(3)25(23(28)5-2)27-24(29)13-19-15-26-22-12-11-20(14-21(19)22)30-16-18-9-7-6-8-10-18/h6-12,14-15,17,25-26H,4-5,13,16H2,1-3H3,(H,27,29)/t17-,25-/m0/s1. The van der Waals surface area contributed by atoms with Gasteiger partial charge in [-0.05, 0) is 35.2 Å². The lowest BCUT2D eigenvalue weighted by molar-refractivity contribution is -0.128. The predicted octanol–water partition coefficient (Wildman–Crippen LogP) is 4.80. The maximum Gasteiger partial charge on any atom is 0.225 e. The van der Waals surface area contributed by atoms with Gasteiger partial charge in [0.15, 0.2) is 5.78 Å². The SMILES string of the molecule is CCC(=O)[C@@H](NC(=O)Cc1c[nH]c2ccc(OCc3ccccc3)cc12)[C@@H](C)CC. The zero-order valence-corrected chi connectivity index (χ0v) is 17.9. The van der Waals surface area contributed by atoms with Crippen molar-refractivity contribution in [2.75, 3.05) is 0 Å². The van der Waals surface area contributed by atoms with Crippen molar-refractivity contribution in [3.05, 3.63) is 65.9 Å². The van der Waals surface area contributed by atoms with Crippen LogP contribution in [0, 0.1) is 5.92 Å². The summed E-state index contributed by atoms with van der Waals surface area (Å²) in [4.78, 5) is 28.2. The van der Waals surface area contributed by atoms with Gasteiger partial charge in [0, 0.05) is 23.5 Å². The van der Waals surface area contributed by atoms with Gasteiger partial charge < -0.3 is 15.0 Å². The van der Waals surface area contributed by atoms with E-state index in [1.807, 2.05) is 75.5 Å². The number of carbonyl (C=O) groups is 2. The molecule has 0 aliphatic rings. The normalized spacial score (nSPS) is 13.0. The fraction of sp³-hybridized carbons (Fsp3) is 0.360. The smallest absolute Gasteiger partial charge is 0.225 e. The zero-order valence-electron chi connectivity index (χ0n) is 17.9. The molecule has 0 aliphatic heterocycles. The van der Waals surface area contributed by atoms with E-state index in [0.717, 1.165) is 34.2 Å². The van der Waals surface area contributed by atoms with Gasteiger partial charge in [0.2, 0.25) is 5.91 Å². The number of Topliss-reactive ketones (excluding diaryl/α,β-unsaturated/α-hetero) is 1. The van der Waals surface area contributed by atoms with E-state index in [4.69, 9.17) is 4.74 Å². The number of nitrogens with one attached hydrogen (secondary N) is 2. The summed E-state index contributed by atoms with van der Waals surface area (Å²) >= 11 is 0. The van der Waals surface area contributed by atoms with Crippen molar-refractivity contribution in [2.24, 2.45) is 5.92 Å². The minimum Gasteiger partial charge on any atom is -0.489 e. The van der Waals surface area contributed by atoms with Crippen molar-refractivity contribution < 1.29 is 14.3 Å². The quantitative estimate of drug-likeness (QED) is 0.508. The Labute approximate surface area is 177 Å². The summed E-state index contributed by atoms with van der Waals surface area (Å²) in [5.74, 6) is 0.806. The molecule has 1 heterocycles. The molecule has 0 spiro atoms. The highest BCUT2D eigenvalue weighted by molar-refractivity contribution is 5.93. The van der Waals surface area contributed by atoms with E-state index in [1.54, 1.807) is 0 Å². The number of rotatable bonds is 10. The van der Waals surface area contributed by atoms with Crippen molar-refractivity contribution in [3.8, 4) is 5.75 Å². The van der Waals surface area contributed by atoms with Crippen molar-refractivity contribution in [2.45, 2.75) is 52.7 Å². The summed E-state index contributed by atoms with van der Waals surface area (Å²) < 4.78 is 5.93. The third kappa shape index (κ3) is 5.29. The Morgan fingerprint density at radius 1 is 1.10 bits per heavy atom. The summed E-state index contributed by atoms with van der Waals surface area (Å²) in [7, 11) is 0. The topological polar surface area (TPSA) is 71.2 Å². The average molecular weight is 407 g/mol. The second-order valence-electron chi connectivity index (χ2n) is 7.72. The predicted molar refractivity (Wildman–Crippen MR) is 119 cm³/mol. The molecule has 5 heteroatoms. The van der Waals surface area contributed by atoms with Gasteiger partial charge in [-0.1, -0.05) is 57.5 Å². The minimum atomic E-state index is -0.428. The van der Waals surface area contributed by atoms with E-state index < -0.39 is 6.04 Å². The van der Waals surface area contributed by atoms with Gasteiger partial charge in [0.25, 0.3) is 0 Å². The molecule has 3 rings (SSSR count). The van der Waals surface area contributed by atoms with Crippen molar-refractivity contribution in [1.29, 1.82) is 0 Å². The largest absolute Gasteiger partial charge is 0.489 e. The number of H-pyrrole nitrogens is 1. The molecule has 0 aliphatic carbocycles. The molecule has 5 nitrogen and oxygen atoms in total. The third-order valence-corrected chi connectivity index (χ3v) is 5.56. The number of hydrogen-bond donors (Lipinski definition) is 2. The van der Waals surface area contributed by atoms with Crippen LogP contribution in [-0.2, 0) is 22.6 Å². The Morgan fingerprint density at radius 3 is 2.57 bits per heavy atom. The van der Waals surface area contributed by atoms with Crippen molar-refractivity contribution in [1.82, 2.24) is 10.3 Å². The minimum absolute atomic E-state index is 0.0771. The number of carbonyl (C=O) groups excluding carboxylic acids is 2. The van der Waals surface area contributed by atoms with Crippen molar-refractivity contribution in [3.63, 3.8) is 0 Å². The van der Waals surface area contributed by atoms with Crippen LogP contribution >= 0.6 is 0 Å². The van der Waals surface area contributed by atoms with Crippen LogP contribution in [0.4, 0.5) is 0 Å². The summed E-state index contributed by atoms with van der Waals surface area (Å²) in [6, 6.07) is 15.4. The van der Waals surface area contributed by atoms with E-state index in [0.29, 0.717) is 13.0 Å². The summed E-state index contributed by atoms with van der Waals surface area (Å²) in [6.45, 7) is 6.35. The molecular formula is C25H30N2O3. The number of aromatic amines is 1. The van der Waals surface area contributed by atoms with Crippen LogP contribution in [0.5, 0.6) is 5.75 Å². The molecule has 0 saturated heterocycles. The van der Waals surface area contributed by atoms with Gasteiger partial charge in [0.05, 0.1) is 12.5 Å². The first kappa shape index (κ1) is 21.6. The number of ether oxygens (including phenoxy) is 1. The summed E-state index contributed by atoms with van der Waals surface area (Å²) in [5.41, 5.74) is 2.94. The second kappa shape index (κ2) is 10.1. The van der Waals surface area contributed by atoms with Gasteiger partial charge in [-0.2, -0.15) is 0 Å². The molecule has 3 aromatic rings. The van der Waals surface area contributed by atoms with E-state index in [9.17, 15) is 9.59 Å². The molecule has 2 aromatic carbocycles. The number of fused-ring (bicyclic) bond motifs is 1. The van der Waals surface area contributed by atoms with Gasteiger partial charge >= 0.3 is 0 Å². The zero-order chi connectivity index (χ0) is 21.5. The number of benzene rings is 2. The first-order chi connectivity index (χ1) is 14.5. The number of aromatic nitrogens is 1. The Hall–Kier alpha value is -3.08. The lowest BCUT2D eigenvalue weighted by Gasteiger charge is -2.22. The Morgan fingerprint density at radius 2 is 1.87 bits per heavy atom. The number of amides is 1. The second-order valence-corrected chi connectivity index (χ2v) is 7.72. The van der Waals surface area contributed by atoms with E-state index >= 15 is 0 Å². The van der Waals surface area contributed by atoms with E-state index in [1.165, 1.54) is 0 Å². The maximum absolute atomic E-state index is 12.7. The molecule has 2 atom stereocenters. The van der Waals surface area contributed by atoms with Gasteiger partial charge in [0.1, 0.15) is 12.4 Å². The average Bonchev–Trinajstić information content (AvgIpc) is 3.17. The molecule has 0 saturated carbocycles. The maximum atomic E-state index is 12.7. The third-order valence-electron chi connectivity index (χ3n) is 5.56. The molecule has 0 radical (unpaired) electrons. The molecule has 0 unspecified atom stereocenters. The molecule has 1 amide bonds. The molecule has 1 aromatic heterocycles.